The topological polar surface area (TPSA) is 55.5 Å². The number of benzene rings is 1. The zero-order valence-corrected chi connectivity index (χ0v) is 12.8. The van der Waals surface area contributed by atoms with Crippen molar-refractivity contribution in [2.75, 3.05) is 6.61 Å². The molecule has 3 N–H and O–H groups in total. The summed E-state index contributed by atoms with van der Waals surface area (Å²) in [5.41, 5.74) is 6.79. The Kier molecular flexibility index (Phi) is 5.70. The number of nitrogens with two attached hydrogens (primary N) is 1. The van der Waals surface area contributed by atoms with Crippen LogP contribution in [0.25, 0.3) is 0 Å². The Balaban J connectivity index is 1.83. The zero-order chi connectivity index (χ0) is 14.5. The van der Waals surface area contributed by atoms with Crippen molar-refractivity contribution in [3.63, 3.8) is 0 Å². The molecule has 1 aliphatic carbocycles. The first kappa shape index (κ1) is 15.6. The second kappa shape index (κ2) is 7.30. The molecule has 0 bridgehead atoms. The molecule has 2 unspecified atom stereocenters. The van der Waals surface area contributed by atoms with Crippen LogP contribution in [0, 0.1) is 5.92 Å². The lowest BCUT2D eigenvalue weighted by Gasteiger charge is -2.17. The van der Waals surface area contributed by atoms with Crippen molar-refractivity contribution in [3.8, 4) is 5.75 Å². The number of halogens is 1. The molecule has 0 amide bonds. The van der Waals surface area contributed by atoms with E-state index in [1.165, 1.54) is 25.7 Å². The SMILES string of the molecule is CC(N)c1ccc(OCC(O)CC2CCCC2)c(Cl)c1. The predicted molar refractivity (Wildman–Crippen MR) is 82.1 cm³/mol. The van der Waals surface area contributed by atoms with Crippen LogP contribution in [-0.4, -0.2) is 17.8 Å². The predicted octanol–water partition coefficient (Wildman–Crippen LogP) is 3.68. The molecule has 2 rings (SSSR count). The maximum Gasteiger partial charge on any atom is 0.138 e. The van der Waals surface area contributed by atoms with Crippen molar-refractivity contribution in [2.45, 2.75) is 51.2 Å². The Labute approximate surface area is 126 Å². The van der Waals surface area contributed by atoms with Gasteiger partial charge in [0.1, 0.15) is 12.4 Å². The molecule has 20 heavy (non-hydrogen) atoms. The number of hydrogen-bond acceptors (Lipinski definition) is 3. The molecule has 2 atom stereocenters. The third-order valence-corrected chi connectivity index (χ3v) is 4.29. The van der Waals surface area contributed by atoms with Crippen LogP contribution in [0.1, 0.15) is 50.6 Å². The van der Waals surface area contributed by atoms with E-state index in [-0.39, 0.29) is 6.04 Å². The van der Waals surface area contributed by atoms with Gasteiger partial charge < -0.3 is 15.6 Å². The minimum absolute atomic E-state index is 0.0468. The highest BCUT2D eigenvalue weighted by Crippen LogP contribution is 2.30. The summed E-state index contributed by atoms with van der Waals surface area (Å²) in [4.78, 5) is 0. The highest BCUT2D eigenvalue weighted by molar-refractivity contribution is 6.32. The zero-order valence-electron chi connectivity index (χ0n) is 12.0. The monoisotopic (exact) mass is 297 g/mol. The van der Waals surface area contributed by atoms with Crippen LogP contribution in [0.5, 0.6) is 5.75 Å². The summed E-state index contributed by atoms with van der Waals surface area (Å²) in [7, 11) is 0. The Morgan fingerprint density at radius 3 is 2.70 bits per heavy atom. The molecule has 0 saturated heterocycles. The lowest BCUT2D eigenvalue weighted by molar-refractivity contribution is 0.0856. The molecule has 1 saturated carbocycles. The minimum atomic E-state index is -0.415. The molecule has 1 aliphatic rings. The molecule has 0 aliphatic heterocycles. The largest absolute Gasteiger partial charge is 0.489 e. The molecule has 3 nitrogen and oxygen atoms in total. The molecule has 0 spiro atoms. The first-order chi connectivity index (χ1) is 9.56. The number of aliphatic hydroxyl groups excluding tert-OH is 1. The average molecular weight is 298 g/mol. The molecule has 1 fully saturated rings. The van der Waals surface area contributed by atoms with Crippen LogP contribution in [0.4, 0.5) is 0 Å². The van der Waals surface area contributed by atoms with Crippen molar-refractivity contribution < 1.29 is 9.84 Å². The fourth-order valence-electron chi connectivity index (χ4n) is 2.80. The van der Waals surface area contributed by atoms with Gasteiger partial charge in [0.15, 0.2) is 0 Å². The maximum absolute atomic E-state index is 10.0. The van der Waals surface area contributed by atoms with Gasteiger partial charge in [0.25, 0.3) is 0 Å². The van der Waals surface area contributed by atoms with E-state index in [0.29, 0.717) is 23.3 Å². The summed E-state index contributed by atoms with van der Waals surface area (Å²) in [6, 6.07) is 5.51. The van der Waals surface area contributed by atoms with Crippen molar-refractivity contribution in [1.82, 2.24) is 0 Å². The van der Waals surface area contributed by atoms with Gasteiger partial charge in [-0.1, -0.05) is 43.4 Å². The summed E-state index contributed by atoms with van der Waals surface area (Å²) in [6.07, 6.45) is 5.48. The molecular formula is C16H24ClNO2. The standard InChI is InChI=1S/C16H24ClNO2/c1-11(18)13-6-7-16(15(17)9-13)20-10-14(19)8-12-4-2-3-5-12/h6-7,9,11-12,14,19H,2-5,8,10,18H2,1H3. The van der Waals surface area contributed by atoms with Crippen molar-refractivity contribution >= 4 is 11.6 Å². The van der Waals surface area contributed by atoms with Crippen LogP contribution >= 0.6 is 11.6 Å². The third-order valence-electron chi connectivity index (χ3n) is 3.99. The molecular weight excluding hydrogens is 274 g/mol. The highest BCUT2D eigenvalue weighted by atomic mass is 35.5. The molecule has 1 aromatic carbocycles. The number of hydrogen-bond donors (Lipinski definition) is 2. The lowest BCUT2D eigenvalue weighted by Crippen LogP contribution is -2.20. The highest BCUT2D eigenvalue weighted by Gasteiger charge is 2.19. The third kappa shape index (κ3) is 4.37. The second-order valence-corrected chi connectivity index (χ2v) is 6.24. The molecule has 0 radical (unpaired) electrons. The van der Waals surface area contributed by atoms with Crippen LogP contribution in [0.2, 0.25) is 5.02 Å². The number of rotatable bonds is 6. The van der Waals surface area contributed by atoms with Gasteiger partial charge in [-0.15, -0.1) is 0 Å². The van der Waals surface area contributed by atoms with Crippen molar-refractivity contribution in [2.24, 2.45) is 11.7 Å². The number of ether oxygens (including phenoxy) is 1. The number of aliphatic hydroxyl groups is 1. The normalized spacial score (nSPS) is 19.0. The summed E-state index contributed by atoms with van der Waals surface area (Å²) in [6.45, 7) is 2.21. The van der Waals surface area contributed by atoms with E-state index in [2.05, 4.69) is 0 Å². The Morgan fingerprint density at radius 1 is 1.40 bits per heavy atom. The minimum Gasteiger partial charge on any atom is -0.489 e. The fourth-order valence-corrected chi connectivity index (χ4v) is 3.05. The van der Waals surface area contributed by atoms with E-state index in [1.807, 2.05) is 25.1 Å². The summed E-state index contributed by atoms with van der Waals surface area (Å²) in [5, 5.41) is 10.6. The van der Waals surface area contributed by atoms with E-state index in [1.54, 1.807) is 0 Å². The van der Waals surface area contributed by atoms with Gasteiger partial charge in [-0.3, -0.25) is 0 Å². The molecule has 112 valence electrons. The van der Waals surface area contributed by atoms with E-state index < -0.39 is 6.10 Å². The van der Waals surface area contributed by atoms with Gasteiger partial charge in [0.05, 0.1) is 11.1 Å². The maximum atomic E-state index is 10.0. The Bertz CT molecular complexity index is 430. The van der Waals surface area contributed by atoms with Gasteiger partial charge in [-0.25, -0.2) is 0 Å². The van der Waals surface area contributed by atoms with E-state index in [4.69, 9.17) is 22.1 Å². The van der Waals surface area contributed by atoms with Crippen LogP contribution in [0.15, 0.2) is 18.2 Å². The van der Waals surface area contributed by atoms with Gasteiger partial charge in [-0.2, -0.15) is 0 Å². The molecule has 4 heteroatoms. The first-order valence-corrected chi connectivity index (χ1v) is 7.80. The van der Waals surface area contributed by atoms with Crippen molar-refractivity contribution in [1.29, 1.82) is 0 Å². The van der Waals surface area contributed by atoms with Crippen LogP contribution < -0.4 is 10.5 Å². The Morgan fingerprint density at radius 2 is 2.10 bits per heavy atom. The molecule has 0 heterocycles. The summed E-state index contributed by atoms with van der Waals surface area (Å²) < 4.78 is 5.62. The van der Waals surface area contributed by atoms with Gasteiger partial charge in [0.2, 0.25) is 0 Å². The van der Waals surface area contributed by atoms with Crippen LogP contribution in [0.3, 0.4) is 0 Å². The van der Waals surface area contributed by atoms with Gasteiger partial charge in [0, 0.05) is 6.04 Å². The van der Waals surface area contributed by atoms with Crippen molar-refractivity contribution in [3.05, 3.63) is 28.8 Å². The first-order valence-electron chi connectivity index (χ1n) is 7.42. The smallest absolute Gasteiger partial charge is 0.138 e. The van der Waals surface area contributed by atoms with E-state index in [0.717, 1.165) is 12.0 Å². The fraction of sp³-hybridized carbons (Fsp3) is 0.625. The second-order valence-electron chi connectivity index (χ2n) is 5.83. The Hall–Kier alpha value is -0.770. The molecule has 1 aromatic rings. The molecule has 0 aromatic heterocycles. The summed E-state index contributed by atoms with van der Waals surface area (Å²) >= 11 is 6.17. The van der Waals surface area contributed by atoms with Gasteiger partial charge >= 0.3 is 0 Å². The van der Waals surface area contributed by atoms with Gasteiger partial charge in [-0.05, 0) is 37.0 Å². The quantitative estimate of drug-likeness (QED) is 0.842. The van der Waals surface area contributed by atoms with Crippen LogP contribution in [-0.2, 0) is 0 Å². The van der Waals surface area contributed by atoms with E-state index >= 15 is 0 Å². The van der Waals surface area contributed by atoms with E-state index in [9.17, 15) is 5.11 Å². The average Bonchev–Trinajstić information content (AvgIpc) is 2.90. The summed E-state index contributed by atoms with van der Waals surface area (Å²) in [5.74, 6) is 1.27. The lowest BCUT2D eigenvalue weighted by atomic mass is 10.0.